The van der Waals surface area contributed by atoms with E-state index in [1.807, 2.05) is 121 Å². The molecule has 0 aliphatic heterocycles. The highest BCUT2D eigenvalue weighted by Gasteiger charge is 2.20. The average Bonchev–Trinajstić information content (AvgIpc) is 3.64. The lowest BCUT2D eigenvalue weighted by atomic mass is 9.99. The number of benzene rings is 5. The van der Waals surface area contributed by atoms with Crippen molar-refractivity contribution < 1.29 is 19.1 Å². The van der Waals surface area contributed by atoms with Gasteiger partial charge in [-0.05, 0) is 50.9 Å². The molecule has 0 aliphatic carbocycles. The predicted molar refractivity (Wildman–Crippen MR) is 186 cm³/mol. The maximum Gasteiger partial charge on any atom is 0.338 e. The van der Waals surface area contributed by atoms with Crippen molar-refractivity contribution in [3.05, 3.63) is 173 Å². The molecule has 0 aliphatic rings. The highest BCUT2D eigenvalue weighted by Crippen LogP contribution is 2.24. The van der Waals surface area contributed by atoms with Crippen LogP contribution in [-0.2, 0) is 14.3 Å². The van der Waals surface area contributed by atoms with Crippen LogP contribution in [0.1, 0.15) is 44.7 Å². The van der Waals surface area contributed by atoms with Gasteiger partial charge in [-0.2, -0.15) is 4.68 Å². The van der Waals surface area contributed by atoms with Gasteiger partial charge in [-0.25, -0.2) is 4.79 Å². The Bertz CT molecular complexity index is 1910. The minimum Gasteiger partial charge on any atom is -0.452 e. The minimum atomic E-state index is -0.678. The zero-order valence-electron chi connectivity index (χ0n) is 26.3. The van der Waals surface area contributed by atoms with Crippen LogP contribution in [0.15, 0.2) is 151 Å². The van der Waals surface area contributed by atoms with Gasteiger partial charge in [0.1, 0.15) is 0 Å². The summed E-state index contributed by atoms with van der Waals surface area (Å²) in [6.07, 6.45) is 0. The number of ether oxygens (including phenoxy) is 1. The summed E-state index contributed by atoms with van der Waals surface area (Å²) < 4.78 is 6.83. The van der Waals surface area contributed by atoms with Gasteiger partial charge >= 0.3 is 5.97 Å². The molecule has 0 fully saturated rings. The number of hydrogen-bond acceptors (Lipinski definition) is 8. The fourth-order valence-electron chi connectivity index (χ4n) is 5.25. The van der Waals surface area contributed by atoms with Gasteiger partial charge in [-0.1, -0.05) is 139 Å². The van der Waals surface area contributed by atoms with E-state index in [2.05, 4.69) is 26.2 Å². The van der Waals surface area contributed by atoms with E-state index in [4.69, 9.17) is 4.74 Å². The van der Waals surface area contributed by atoms with Crippen LogP contribution in [0.5, 0.6) is 0 Å². The zero-order valence-corrected chi connectivity index (χ0v) is 27.1. The average molecular weight is 669 g/mol. The molecular formula is C38H32N6O4S. The van der Waals surface area contributed by atoms with E-state index in [0.717, 1.165) is 22.3 Å². The topological polar surface area (TPSA) is 128 Å². The summed E-state index contributed by atoms with van der Waals surface area (Å²) in [5.74, 6) is -1.26. The van der Waals surface area contributed by atoms with Crippen LogP contribution in [0.2, 0.25) is 0 Å². The van der Waals surface area contributed by atoms with Crippen LogP contribution in [0.25, 0.3) is 5.69 Å². The van der Waals surface area contributed by atoms with Crippen molar-refractivity contribution in [3.8, 4) is 5.69 Å². The first kappa shape index (κ1) is 32.9. The molecule has 0 radical (unpaired) electrons. The smallest absolute Gasteiger partial charge is 0.338 e. The molecule has 1 aromatic heterocycles. The fraction of sp³-hybridized carbons (Fsp3) is 0.105. The second-order valence-electron chi connectivity index (χ2n) is 10.9. The van der Waals surface area contributed by atoms with Crippen molar-refractivity contribution >= 4 is 29.5 Å². The molecule has 0 atom stereocenters. The zero-order chi connectivity index (χ0) is 33.8. The summed E-state index contributed by atoms with van der Waals surface area (Å²) >= 11 is 1.17. The third-order valence-corrected chi connectivity index (χ3v) is 8.50. The molecule has 5 aromatic carbocycles. The first-order valence-corrected chi connectivity index (χ1v) is 16.5. The second kappa shape index (κ2) is 16.2. The van der Waals surface area contributed by atoms with Crippen LogP contribution in [0, 0.1) is 0 Å². The maximum absolute atomic E-state index is 13.1. The Morgan fingerprint density at radius 1 is 0.633 bits per heavy atom. The van der Waals surface area contributed by atoms with E-state index in [1.165, 1.54) is 16.4 Å². The van der Waals surface area contributed by atoms with E-state index < -0.39 is 24.5 Å². The van der Waals surface area contributed by atoms with Crippen molar-refractivity contribution in [3.63, 3.8) is 0 Å². The minimum absolute atomic E-state index is 0.0559. The molecule has 2 amide bonds. The van der Waals surface area contributed by atoms with Gasteiger partial charge in [0.2, 0.25) is 11.1 Å². The molecule has 1 heterocycles. The number of carbonyl (C=O) groups excluding carboxylic acids is 3. The molecule has 0 unspecified atom stereocenters. The number of carbonyl (C=O) groups is 3. The number of rotatable bonds is 13. The lowest BCUT2D eigenvalue weighted by Gasteiger charge is -2.20. The molecule has 6 rings (SSSR count). The van der Waals surface area contributed by atoms with Crippen LogP contribution in [-0.4, -0.2) is 50.4 Å². The quantitative estimate of drug-likeness (QED) is 0.118. The number of thioether (sulfide) groups is 1. The molecule has 10 nitrogen and oxygen atoms in total. The Labute approximate surface area is 287 Å². The van der Waals surface area contributed by atoms with Crippen LogP contribution < -0.4 is 10.6 Å². The van der Waals surface area contributed by atoms with E-state index in [-0.39, 0.29) is 23.3 Å². The molecule has 49 heavy (non-hydrogen) atoms. The van der Waals surface area contributed by atoms with E-state index in [0.29, 0.717) is 10.8 Å². The van der Waals surface area contributed by atoms with Gasteiger partial charge in [-0.15, -0.1) is 5.10 Å². The molecule has 0 spiro atoms. The molecule has 0 bridgehead atoms. The summed E-state index contributed by atoms with van der Waals surface area (Å²) in [7, 11) is 0. The first-order chi connectivity index (χ1) is 24.0. The predicted octanol–water partition coefficient (Wildman–Crippen LogP) is 5.72. The summed E-state index contributed by atoms with van der Waals surface area (Å²) in [5.41, 5.74) is 4.44. The number of esters is 1. The van der Waals surface area contributed by atoms with E-state index in [1.54, 1.807) is 24.3 Å². The second-order valence-corrected chi connectivity index (χ2v) is 11.9. The Morgan fingerprint density at radius 2 is 1.12 bits per heavy atom. The highest BCUT2D eigenvalue weighted by molar-refractivity contribution is 7.99. The van der Waals surface area contributed by atoms with Crippen molar-refractivity contribution in [2.75, 3.05) is 12.4 Å². The standard InChI is InChI=1S/C38H32N6O4S/c45-33(39-35(27-14-5-1-6-15-27)28-16-7-2-8-17-28)25-48-37(47)31-22-13-23-32(24-31)44-38(41-42-43-44)49-26-34(46)40-36(29-18-9-3-10-19-29)30-20-11-4-12-21-30/h1-24,35-36H,25-26H2,(H,39,45)(H,40,46). The van der Waals surface area contributed by atoms with Gasteiger partial charge in [0, 0.05) is 0 Å². The molecule has 11 heteroatoms. The Kier molecular flexibility index (Phi) is 10.8. The number of aromatic nitrogens is 4. The SMILES string of the molecule is O=C(COC(=O)c1cccc(-n2nnnc2SCC(=O)NC(c2ccccc2)c2ccccc2)c1)NC(c1ccccc1)c1ccccc1. The van der Waals surface area contributed by atoms with Crippen molar-refractivity contribution in [2.45, 2.75) is 17.2 Å². The number of hydrogen-bond donors (Lipinski definition) is 2. The van der Waals surface area contributed by atoms with Gasteiger partial charge in [0.05, 0.1) is 29.1 Å². The van der Waals surface area contributed by atoms with Gasteiger partial charge in [0.25, 0.3) is 5.91 Å². The summed E-state index contributed by atoms with van der Waals surface area (Å²) in [4.78, 5) is 39.1. The number of nitrogens with zero attached hydrogens (tertiary/aromatic N) is 4. The number of amides is 2. The van der Waals surface area contributed by atoms with Gasteiger partial charge in [0.15, 0.2) is 6.61 Å². The number of tetrazole rings is 1. The summed E-state index contributed by atoms with van der Waals surface area (Å²) in [6, 6.07) is 44.5. The monoisotopic (exact) mass is 668 g/mol. The normalized spacial score (nSPS) is 10.9. The fourth-order valence-corrected chi connectivity index (χ4v) is 5.95. The molecule has 2 N–H and O–H groups in total. The lowest BCUT2D eigenvalue weighted by Crippen LogP contribution is -2.33. The van der Waals surface area contributed by atoms with Crippen molar-refractivity contribution in [1.82, 2.24) is 30.8 Å². The third kappa shape index (κ3) is 8.65. The van der Waals surface area contributed by atoms with Crippen LogP contribution in [0.3, 0.4) is 0 Å². The summed E-state index contributed by atoms with van der Waals surface area (Å²) in [5, 5.41) is 18.4. The van der Waals surface area contributed by atoms with Gasteiger partial charge in [-0.3, -0.25) is 9.59 Å². The molecule has 244 valence electrons. The summed E-state index contributed by atoms with van der Waals surface area (Å²) in [6.45, 7) is -0.465. The molecule has 0 saturated carbocycles. The van der Waals surface area contributed by atoms with Crippen molar-refractivity contribution in [2.24, 2.45) is 0 Å². The molecular weight excluding hydrogens is 637 g/mol. The Hall–Kier alpha value is -6.07. The maximum atomic E-state index is 13.1. The molecule has 0 saturated heterocycles. The first-order valence-electron chi connectivity index (χ1n) is 15.5. The van der Waals surface area contributed by atoms with E-state index in [9.17, 15) is 14.4 Å². The van der Waals surface area contributed by atoms with E-state index >= 15 is 0 Å². The highest BCUT2D eigenvalue weighted by atomic mass is 32.2. The number of nitrogens with one attached hydrogen (secondary N) is 2. The Balaban J connectivity index is 1.07. The third-order valence-electron chi connectivity index (χ3n) is 7.58. The van der Waals surface area contributed by atoms with Crippen LogP contribution in [0.4, 0.5) is 0 Å². The lowest BCUT2D eigenvalue weighted by molar-refractivity contribution is -0.124. The largest absolute Gasteiger partial charge is 0.452 e. The van der Waals surface area contributed by atoms with Gasteiger partial charge < -0.3 is 15.4 Å². The molecule has 6 aromatic rings. The Morgan fingerprint density at radius 3 is 1.63 bits per heavy atom. The van der Waals surface area contributed by atoms with Crippen LogP contribution >= 0.6 is 11.8 Å². The van der Waals surface area contributed by atoms with Crippen molar-refractivity contribution in [1.29, 1.82) is 0 Å².